The van der Waals surface area contributed by atoms with Crippen LogP contribution in [0.2, 0.25) is 0 Å². The van der Waals surface area contributed by atoms with Crippen molar-refractivity contribution < 1.29 is 44.3 Å². The summed E-state index contributed by atoms with van der Waals surface area (Å²) in [5.74, 6) is -1.58. The molecule has 6 N–H and O–H groups in total. The predicted octanol–water partition coefficient (Wildman–Crippen LogP) is 0.763. The third-order valence-electron chi connectivity index (χ3n) is 4.45. The van der Waals surface area contributed by atoms with Gasteiger partial charge in [-0.05, 0) is 47.9 Å². The molecule has 0 heterocycles. The number of rotatable bonds is 6. The second-order valence-electron chi connectivity index (χ2n) is 7.01. The van der Waals surface area contributed by atoms with Crippen LogP contribution in [0, 0.1) is 0 Å². The van der Waals surface area contributed by atoms with Crippen molar-refractivity contribution >= 4 is 123 Å². The monoisotopic (exact) mass is 592 g/mol. The molecule has 0 bridgehead atoms. The van der Waals surface area contributed by atoms with Gasteiger partial charge in [-0.25, -0.2) is 13.6 Å². The van der Waals surface area contributed by atoms with Crippen LogP contribution >= 0.6 is 0 Å². The summed E-state index contributed by atoms with van der Waals surface area (Å²) in [7, 11) is -13.9. The average Bonchev–Trinajstić information content (AvgIpc) is 2.70. The third-order valence-corrected chi connectivity index (χ3v) is 7.14. The number of azo groups is 1. The first-order chi connectivity index (χ1) is 16.0. The molecule has 3 rings (SSSR count). The third kappa shape index (κ3) is 8.01. The maximum absolute atomic E-state index is 11.9. The van der Waals surface area contributed by atoms with Crippen LogP contribution in [0.15, 0.2) is 67.4 Å². The van der Waals surface area contributed by atoms with E-state index in [4.69, 9.17) is 5.14 Å². The van der Waals surface area contributed by atoms with Crippen LogP contribution in [0.4, 0.5) is 17.1 Å². The summed E-state index contributed by atoms with van der Waals surface area (Å²) in [6.07, 6.45) is 0. The fraction of sp³-hybridized carbons (Fsp3) is 0.0556. The van der Waals surface area contributed by atoms with Gasteiger partial charge in [-0.1, -0.05) is 0 Å². The van der Waals surface area contributed by atoms with Crippen molar-refractivity contribution in [2.24, 2.45) is 15.4 Å². The van der Waals surface area contributed by atoms with E-state index < -0.39 is 63.1 Å². The second kappa shape index (κ2) is 12.1. The van der Waals surface area contributed by atoms with Crippen molar-refractivity contribution in [2.75, 3.05) is 5.32 Å². The number of aromatic hydroxyl groups is 1. The van der Waals surface area contributed by atoms with E-state index in [-0.39, 0.29) is 80.5 Å². The Bertz CT molecular complexity index is 1730. The predicted molar refractivity (Wildman–Crippen MR) is 136 cm³/mol. The molecule has 3 aromatic carbocycles. The molecular weight excluding hydrogens is 574 g/mol. The summed E-state index contributed by atoms with van der Waals surface area (Å²) in [5.41, 5.74) is -1.16. The molecule has 19 heteroatoms. The molecule has 1 amide bonds. The molecule has 0 spiro atoms. The number of primary sulfonamides is 1. The number of fused-ring (bicyclic) bond motifs is 1. The molecule has 0 atom stereocenters. The number of phenolic OH excluding ortho intramolecular Hbond substituents is 1. The fourth-order valence-corrected chi connectivity index (χ4v) is 4.82. The number of hydrogen-bond donors (Lipinski definition) is 5. The first-order valence-electron chi connectivity index (χ1n) is 9.09. The topological polar surface area (TPSA) is 243 Å². The molecule has 3 aromatic rings. The number of nitrogens with one attached hydrogen (secondary N) is 1. The molecule has 0 fully saturated rings. The molecule has 190 valence electrons. The Morgan fingerprint density at radius 2 is 1.38 bits per heavy atom. The molecule has 37 heavy (non-hydrogen) atoms. The second-order valence-corrected chi connectivity index (χ2v) is 11.4. The van der Waals surface area contributed by atoms with Crippen molar-refractivity contribution in [3.05, 3.63) is 42.5 Å². The van der Waals surface area contributed by atoms with Crippen molar-refractivity contribution in [3.8, 4) is 5.75 Å². The molecule has 0 saturated heterocycles. The fourth-order valence-electron chi connectivity index (χ4n) is 2.98. The number of amides is 1. The van der Waals surface area contributed by atoms with E-state index in [0.717, 1.165) is 37.3 Å². The Labute approximate surface area is 255 Å². The normalized spacial score (nSPS) is 12.1. The van der Waals surface area contributed by atoms with Crippen LogP contribution in [0.3, 0.4) is 0 Å². The molecule has 0 radical (unpaired) electrons. The van der Waals surface area contributed by atoms with Gasteiger partial charge < -0.3 is 10.4 Å². The molecular formula is C18H18N4Na2O10S3. The number of carbonyl (C=O) groups is 1. The summed E-state index contributed by atoms with van der Waals surface area (Å²) < 4.78 is 89.2. The van der Waals surface area contributed by atoms with Gasteiger partial charge in [0.05, 0.1) is 16.3 Å². The first-order valence-corrected chi connectivity index (χ1v) is 13.5. The van der Waals surface area contributed by atoms with Crippen LogP contribution in [0.1, 0.15) is 6.92 Å². The van der Waals surface area contributed by atoms with Gasteiger partial charge in [-0.15, -0.1) is 5.11 Å². The molecule has 0 aliphatic rings. The number of benzene rings is 3. The number of anilines is 1. The molecule has 0 unspecified atom stereocenters. The van der Waals surface area contributed by atoms with E-state index >= 15 is 0 Å². The quantitative estimate of drug-likeness (QED) is 0.153. The number of phenols is 1. The number of carbonyl (C=O) groups excluding carboxylic acids is 1. The van der Waals surface area contributed by atoms with E-state index in [0.29, 0.717) is 0 Å². The van der Waals surface area contributed by atoms with Crippen LogP contribution in [-0.4, -0.2) is 104 Å². The minimum atomic E-state index is -5.05. The summed E-state index contributed by atoms with van der Waals surface area (Å²) in [4.78, 5) is 9.48. The van der Waals surface area contributed by atoms with E-state index in [1.807, 2.05) is 0 Å². The summed E-state index contributed by atoms with van der Waals surface area (Å²) in [6.45, 7) is 1.06. The molecule has 0 aromatic heterocycles. The number of nitrogens with two attached hydrogens (primary N) is 1. The van der Waals surface area contributed by atoms with Gasteiger partial charge in [0.15, 0.2) is 5.75 Å². The van der Waals surface area contributed by atoms with Gasteiger partial charge in [0, 0.05) is 12.3 Å². The van der Waals surface area contributed by atoms with Gasteiger partial charge in [0.25, 0.3) is 20.2 Å². The van der Waals surface area contributed by atoms with E-state index in [9.17, 15) is 44.3 Å². The average molecular weight is 593 g/mol. The number of hydrogen-bond acceptors (Lipinski definition) is 10. The van der Waals surface area contributed by atoms with Crippen molar-refractivity contribution in [3.63, 3.8) is 0 Å². The molecule has 14 nitrogen and oxygen atoms in total. The Morgan fingerprint density at radius 1 is 0.865 bits per heavy atom. The Morgan fingerprint density at radius 3 is 1.84 bits per heavy atom. The Hall–Kier alpha value is -1.48. The van der Waals surface area contributed by atoms with Crippen LogP contribution in [-0.2, 0) is 35.1 Å². The van der Waals surface area contributed by atoms with Gasteiger partial charge in [-0.3, -0.25) is 13.9 Å². The standard InChI is InChI=1S/C18H16N4O10S3.2Na.2H/c1-9(23)20-14-8-13-10(6-15(14)34(27,28)29)7-16(35(30,31)32)17(18(13)24)22-21-11-2-4-12(5-3-11)33(19,25)26;;;;/h2-8,24H,1H3,(H,20,23)(H2,19,25,26)(H,27,28,29)(H,30,31,32);;;;. The minimum absolute atomic E-state index is 0. The Balaban J connectivity index is 0.00000342. The zero-order valence-corrected chi connectivity index (χ0v) is 19.9. The zero-order valence-electron chi connectivity index (χ0n) is 17.4. The van der Waals surface area contributed by atoms with E-state index in [1.54, 1.807) is 0 Å². The van der Waals surface area contributed by atoms with Crippen LogP contribution < -0.4 is 10.5 Å². The maximum atomic E-state index is 11.9. The SMILES string of the molecule is CC(=O)Nc1cc2c(O)c(N=Nc3ccc(S(N)(=O)=O)cc3)c(S(=O)(=O)O)cc2cc1S(=O)(=O)O.[NaH].[NaH]. The summed E-state index contributed by atoms with van der Waals surface area (Å²) in [5, 5.41) is 24.8. The van der Waals surface area contributed by atoms with Crippen molar-refractivity contribution in [1.82, 2.24) is 0 Å². The molecule has 0 aliphatic heterocycles. The molecule has 0 saturated carbocycles. The Kier molecular flexibility index (Phi) is 11.0. The van der Waals surface area contributed by atoms with Gasteiger partial charge >= 0.3 is 59.1 Å². The van der Waals surface area contributed by atoms with Gasteiger partial charge in [0.2, 0.25) is 15.9 Å². The summed E-state index contributed by atoms with van der Waals surface area (Å²) in [6, 6.07) is 7.06. The van der Waals surface area contributed by atoms with E-state index in [1.165, 1.54) is 12.1 Å². The first kappa shape index (κ1) is 33.5. The van der Waals surface area contributed by atoms with E-state index in [2.05, 4.69) is 15.5 Å². The van der Waals surface area contributed by atoms with Crippen LogP contribution in [0.5, 0.6) is 5.75 Å². The van der Waals surface area contributed by atoms with Gasteiger partial charge in [-0.2, -0.15) is 21.9 Å². The van der Waals surface area contributed by atoms with Gasteiger partial charge in [0.1, 0.15) is 15.5 Å². The van der Waals surface area contributed by atoms with Crippen LogP contribution in [0.25, 0.3) is 10.8 Å². The van der Waals surface area contributed by atoms with Crippen molar-refractivity contribution in [1.29, 1.82) is 0 Å². The number of sulfonamides is 1. The molecule has 0 aliphatic carbocycles. The summed E-state index contributed by atoms with van der Waals surface area (Å²) >= 11 is 0. The number of nitrogens with zero attached hydrogens (tertiary/aromatic N) is 2. The zero-order chi connectivity index (χ0) is 26.3. The van der Waals surface area contributed by atoms with Crippen molar-refractivity contribution in [2.45, 2.75) is 21.6 Å².